The molecule has 0 N–H and O–H groups in total. The molecular formula is C8H16Cl2O3. The third-order valence-electron chi connectivity index (χ3n) is 1.18. The van der Waals surface area contributed by atoms with Gasteiger partial charge in [0.15, 0.2) is 0 Å². The van der Waals surface area contributed by atoms with E-state index in [0.29, 0.717) is 45.0 Å². The Bertz CT molecular complexity index is 83.5. The molecule has 0 spiro atoms. The minimum Gasteiger partial charge on any atom is -0.378 e. The summed E-state index contributed by atoms with van der Waals surface area (Å²) in [4.78, 5) is 0. The summed E-state index contributed by atoms with van der Waals surface area (Å²) in [5, 5.41) is 0. The average Bonchev–Trinajstić information content (AvgIpc) is 2.16. The summed E-state index contributed by atoms with van der Waals surface area (Å²) in [7, 11) is 0. The minimum atomic E-state index is 0.307. The van der Waals surface area contributed by atoms with Crippen molar-refractivity contribution in [3.05, 3.63) is 0 Å². The Morgan fingerprint density at radius 1 is 0.692 bits per heavy atom. The van der Waals surface area contributed by atoms with E-state index < -0.39 is 0 Å². The average molecular weight is 231 g/mol. The predicted molar refractivity (Wildman–Crippen MR) is 53.6 cm³/mol. The number of rotatable bonds is 10. The normalized spacial score (nSPS) is 10.6. The van der Waals surface area contributed by atoms with Gasteiger partial charge in [0.05, 0.1) is 26.4 Å². The smallest absolute Gasteiger partial charge is 0.146 e. The van der Waals surface area contributed by atoms with Crippen molar-refractivity contribution in [2.45, 2.75) is 6.42 Å². The first kappa shape index (κ1) is 13.5. The summed E-state index contributed by atoms with van der Waals surface area (Å²) >= 11 is 10.8. The standard InChI is InChI=1S/C8H16Cl2O3/c9-2-1-4-12-8-13-7-6-11-5-3-10/h1-8H2. The maximum absolute atomic E-state index is 5.45. The molecule has 0 aromatic carbocycles. The molecule has 0 atom stereocenters. The Morgan fingerprint density at radius 3 is 2.08 bits per heavy atom. The number of hydrogen-bond donors (Lipinski definition) is 0. The maximum atomic E-state index is 5.45. The number of hydrogen-bond acceptors (Lipinski definition) is 3. The highest BCUT2D eigenvalue weighted by Crippen LogP contribution is 1.87. The van der Waals surface area contributed by atoms with Crippen LogP contribution in [-0.2, 0) is 14.2 Å². The first-order valence-corrected chi connectivity index (χ1v) is 5.34. The van der Waals surface area contributed by atoms with Crippen molar-refractivity contribution in [1.29, 1.82) is 0 Å². The molecule has 0 aromatic heterocycles. The topological polar surface area (TPSA) is 27.7 Å². The zero-order valence-corrected chi connectivity index (χ0v) is 9.15. The fourth-order valence-corrected chi connectivity index (χ4v) is 0.826. The third kappa shape index (κ3) is 12.5. The number of halogens is 2. The summed E-state index contributed by atoms with van der Waals surface area (Å²) in [5.74, 6) is 1.14. The van der Waals surface area contributed by atoms with Gasteiger partial charge < -0.3 is 14.2 Å². The molecule has 0 unspecified atom stereocenters. The molecule has 0 aliphatic heterocycles. The molecule has 0 fully saturated rings. The van der Waals surface area contributed by atoms with Crippen LogP contribution in [0, 0.1) is 0 Å². The zero-order chi connectivity index (χ0) is 9.78. The van der Waals surface area contributed by atoms with Crippen LogP contribution in [0.3, 0.4) is 0 Å². The van der Waals surface area contributed by atoms with Crippen molar-refractivity contribution in [2.75, 3.05) is 45.0 Å². The van der Waals surface area contributed by atoms with Crippen LogP contribution in [-0.4, -0.2) is 45.0 Å². The highest BCUT2D eigenvalue weighted by atomic mass is 35.5. The summed E-state index contributed by atoms with van der Waals surface area (Å²) in [6.45, 7) is 2.62. The molecule has 0 rings (SSSR count). The summed E-state index contributed by atoms with van der Waals surface area (Å²) in [6.07, 6.45) is 0.855. The van der Waals surface area contributed by atoms with E-state index >= 15 is 0 Å². The second kappa shape index (κ2) is 12.5. The van der Waals surface area contributed by atoms with E-state index in [-0.39, 0.29) is 0 Å². The molecule has 80 valence electrons. The van der Waals surface area contributed by atoms with E-state index in [4.69, 9.17) is 37.4 Å². The van der Waals surface area contributed by atoms with E-state index in [0.717, 1.165) is 6.42 Å². The maximum Gasteiger partial charge on any atom is 0.146 e. The molecule has 0 aromatic rings. The molecule has 5 heteroatoms. The molecule has 0 saturated heterocycles. The Labute approximate surface area is 89.2 Å². The zero-order valence-electron chi connectivity index (χ0n) is 7.64. The van der Waals surface area contributed by atoms with Crippen LogP contribution in [0.15, 0.2) is 0 Å². The van der Waals surface area contributed by atoms with E-state index in [1.54, 1.807) is 0 Å². The van der Waals surface area contributed by atoms with Gasteiger partial charge in [-0.05, 0) is 6.42 Å². The van der Waals surface area contributed by atoms with Gasteiger partial charge in [-0.1, -0.05) is 0 Å². The predicted octanol–water partition coefficient (Wildman–Crippen LogP) is 1.86. The van der Waals surface area contributed by atoms with Crippen LogP contribution < -0.4 is 0 Å². The molecule has 0 amide bonds. The van der Waals surface area contributed by atoms with Crippen molar-refractivity contribution in [2.24, 2.45) is 0 Å². The van der Waals surface area contributed by atoms with Crippen LogP contribution in [0.5, 0.6) is 0 Å². The Balaban J connectivity index is 2.76. The molecule has 13 heavy (non-hydrogen) atoms. The summed E-state index contributed by atoms with van der Waals surface area (Å²) in [6, 6.07) is 0. The van der Waals surface area contributed by atoms with Crippen LogP contribution in [0.25, 0.3) is 0 Å². The van der Waals surface area contributed by atoms with Crippen molar-refractivity contribution < 1.29 is 14.2 Å². The van der Waals surface area contributed by atoms with Crippen LogP contribution in [0.4, 0.5) is 0 Å². The highest BCUT2D eigenvalue weighted by Gasteiger charge is 1.89. The van der Waals surface area contributed by atoms with Gasteiger partial charge in [-0.25, -0.2) is 0 Å². The van der Waals surface area contributed by atoms with E-state index in [2.05, 4.69) is 0 Å². The molecule has 0 aliphatic rings. The van der Waals surface area contributed by atoms with Crippen LogP contribution in [0.2, 0.25) is 0 Å². The van der Waals surface area contributed by atoms with E-state index in [1.165, 1.54) is 0 Å². The second-order valence-electron chi connectivity index (χ2n) is 2.28. The SMILES string of the molecule is ClCCCOCOCCOCCCl. The first-order valence-electron chi connectivity index (χ1n) is 4.27. The Morgan fingerprint density at radius 2 is 1.38 bits per heavy atom. The van der Waals surface area contributed by atoms with Crippen molar-refractivity contribution >= 4 is 23.2 Å². The monoisotopic (exact) mass is 230 g/mol. The van der Waals surface area contributed by atoms with Gasteiger partial charge in [0.25, 0.3) is 0 Å². The lowest BCUT2D eigenvalue weighted by Gasteiger charge is -2.04. The van der Waals surface area contributed by atoms with Crippen molar-refractivity contribution in [3.63, 3.8) is 0 Å². The summed E-state index contributed by atoms with van der Waals surface area (Å²) in [5.41, 5.74) is 0. The largest absolute Gasteiger partial charge is 0.378 e. The third-order valence-corrected chi connectivity index (χ3v) is 1.60. The van der Waals surface area contributed by atoms with Gasteiger partial charge in [-0.3, -0.25) is 0 Å². The Hall–Kier alpha value is 0.460. The number of ether oxygens (including phenoxy) is 3. The van der Waals surface area contributed by atoms with Gasteiger partial charge in [0, 0.05) is 11.8 Å². The van der Waals surface area contributed by atoms with Crippen molar-refractivity contribution in [3.8, 4) is 0 Å². The van der Waals surface area contributed by atoms with Crippen LogP contribution >= 0.6 is 23.2 Å². The second-order valence-corrected chi connectivity index (χ2v) is 3.03. The lowest BCUT2D eigenvalue weighted by Crippen LogP contribution is -2.09. The molecule has 0 saturated carbocycles. The summed E-state index contributed by atoms with van der Waals surface area (Å²) < 4.78 is 15.3. The van der Waals surface area contributed by atoms with Gasteiger partial charge >= 0.3 is 0 Å². The fraction of sp³-hybridized carbons (Fsp3) is 1.00. The van der Waals surface area contributed by atoms with Gasteiger partial charge in [-0.2, -0.15) is 0 Å². The molecule has 0 aliphatic carbocycles. The quantitative estimate of drug-likeness (QED) is 0.326. The first-order chi connectivity index (χ1) is 6.41. The lowest BCUT2D eigenvalue weighted by atomic mass is 10.5. The minimum absolute atomic E-state index is 0.307. The van der Waals surface area contributed by atoms with Gasteiger partial charge in [-0.15, -0.1) is 23.2 Å². The van der Waals surface area contributed by atoms with Gasteiger partial charge in [0.2, 0.25) is 0 Å². The molecule has 0 heterocycles. The number of alkyl halides is 2. The lowest BCUT2D eigenvalue weighted by molar-refractivity contribution is -0.0680. The Kier molecular flexibility index (Phi) is 12.9. The van der Waals surface area contributed by atoms with Crippen molar-refractivity contribution in [1.82, 2.24) is 0 Å². The highest BCUT2D eigenvalue weighted by molar-refractivity contribution is 6.18. The molecule has 0 bridgehead atoms. The van der Waals surface area contributed by atoms with E-state index in [9.17, 15) is 0 Å². The fourth-order valence-electron chi connectivity index (χ4n) is 0.608. The molecule has 0 radical (unpaired) electrons. The molecular weight excluding hydrogens is 215 g/mol. The van der Waals surface area contributed by atoms with Crippen LogP contribution in [0.1, 0.15) is 6.42 Å². The van der Waals surface area contributed by atoms with Gasteiger partial charge in [0.1, 0.15) is 6.79 Å². The molecule has 3 nitrogen and oxygen atoms in total. The van der Waals surface area contributed by atoms with E-state index in [1.807, 2.05) is 0 Å².